The van der Waals surface area contributed by atoms with Crippen LogP contribution in [0.3, 0.4) is 0 Å². The van der Waals surface area contributed by atoms with Crippen LogP contribution in [0, 0.1) is 5.92 Å². The molecule has 1 saturated heterocycles. The zero-order valence-electron chi connectivity index (χ0n) is 7.26. The molecule has 1 aliphatic heterocycles. The Hall–Kier alpha value is 0.0500. The number of alkyl halides is 2. The number of esters is 1. The molecule has 0 amide bonds. The standard InChI is InChI=1S/C9H12Cl2O2/c10-9(11)6-4-2-1-3-5-7(6)13-8(9)12/h6-7H,1-5H2. The summed E-state index contributed by atoms with van der Waals surface area (Å²) in [6, 6.07) is 0. The van der Waals surface area contributed by atoms with Crippen molar-refractivity contribution in [3.05, 3.63) is 0 Å². The molecule has 1 saturated carbocycles. The van der Waals surface area contributed by atoms with E-state index in [4.69, 9.17) is 27.9 Å². The SMILES string of the molecule is O=C1OC2CCCCCC2C1(Cl)Cl. The molecule has 0 N–H and O–H groups in total. The van der Waals surface area contributed by atoms with E-state index < -0.39 is 10.3 Å². The molecule has 1 heterocycles. The molecule has 0 aromatic rings. The first-order chi connectivity index (χ1) is 6.12. The van der Waals surface area contributed by atoms with E-state index in [1.807, 2.05) is 0 Å². The number of carbonyl (C=O) groups excluding carboxylic acids is 1. The summed E-state index contributed by atoms with van der Waals surface area (Å²) in [6.45, 7) is 0. The summed E-state index contributed by atoms with van der Waals surface area (Å²) in [5, 5.41) is 0. The molecule has 0 bridgehead atoms. The monoisotopic (exact) mass is 222 g/mol. The Bertz CT molecular complexity index is 228. The molecule has 1 aliphatic carbocycles. The van der Waals surface area contributed by atoms with Gasteiger partial charge in [-0.3, -0.25) is 0 Å². The van der Waals surface area contributed by atoms with E-state index in [0.29, 0.717) is 0 Å². The molecule has 2 atom stereocenters. The van der Waals surface area contributed by atoms with E-state index in [2.05, 4.69) is 0 Å². The quantitative estimate of drug-likeness (QED) is 0.466. The number of rotatable bonds is 0. The van der Waals surface area contributed by atoms with Crippen molar-refractivity contribution in [1.82, 2.24) is 0 Å². The first-order valence-corrected chi connectivity index (χ1v) is 5.47. The fraction of sp³-hybridized carbons (Fsp3) is 0.889. The van der Waals surface area contributed by atoms with E-state index in [-0.39, 0.29) is 12.0 Å². The van der Waals surface area contributed by atoms with Gasteiger partial charge in [0.25, 0.3) is 0 Å². The lowest BCUT2D eigenvalue weighted by Crippen LogP contribution is -2.29. The fourth-order valence-electron chi connectivity index (χ4n) is 2.20. The number of hydrogen-bond donors (Lipinski definition) is 0. The van der Waals surface area contributed by atoms with Gasteiger partial charge >= 0.3 is 5.97 Å². The molecule has 74 valence electrons. The van der Waals surface area contributed by atoms with Crippen LogP contribution in [0.2, 0.25) is 0 Å². The first kappa shape index (κ1) is 9.60. The minimum absolute atomic E-state index is 0.00540. The van der Waals surface area contributed by atoms with E-state index in [1.54, 1.807) is 0 Å². The van der Waals surface area contributed by atoms with E-state index in [1.165, 1.54) is 6.42 Å². The number of ether oxygens (including phenoxy) is 1. The van der Waals surface area contributed by atoms with Crippen molar-refractivity contribution < 1.29 is 9.53 Å². The van der Waals surface area contributed by atoms with Gasteiger partial charge < -0.3 is 4.74 Å². The van der Waals surface area contributed by atoms with E-state index >= 15 is 0 Å². The normalized spacial score (nSPS) is 37.8. The predicted molar refractivity (Wildman–Crippen MR) is 50.9 cm³/mol. The van der Waals surface area contributed by atoms with Crippen LogP contribution in [-0.4, -0.2) is 16.4 Å². The van der Waals surface area contributed by atoms with Crippen LogP contribution in [-0.2, 0) is 9.53 Å². The first-order valence-electron chi connectivity index (χ1n) is 4.71. The molecule has 2 fully saturated rings. The summed E-state index contributed by atoms with van der Waals surface area (Å²) >= 11 is 11.9. The molecular formula is C9H12Cl2O2. The number of hydrogen-bond acceptors (Lipinski definition) is 2. The molecule has 2 unspecified atom stereocenters. The van der Waals surface area contributed by atoms with Crippen molar-refractivity contribution in [2.75, 3.05) is 0 Å². The number of carbonyl (C=O) groups is 1. The highest BCUT2D eigenvalue weighted by atomic mass is 35.5. The van der Waals surface area contributed by atoms with Gasteiger partial charge in [-0.2, -0.15) is 0 Å². The third-order valence-electron chi connectivity index (χ3n) is 2.95. The van der Waals surface area contributed by atoms with Crippen molar-refractivity contribution in [2.45, 2.75) is 42.5 Å². The minimum Gasteiger partial charge on any atom is -0.460 e. The van der Waals surface area contributed by atoms with Gasteiger partial charge in [0.2, 0.25) is 4.33 Å². The van der Waals surface area contributed by atoms with Crippen LogP contribution in [0.15, 0.2) is 0 Å². The van der Waals surface area contributed by atoms with Crippen molar-refractivity contribution in [3.63, 3.8) is 0 Å². The minimum atomic E-state index is -1.28. The Morgan fingerprint density at radius 2 is 1.92 bits per heavy atom. The lowest BCUT2D eigenvalue weighted by atomic mass is 9.96. The maximum Gasteiger partial charge on any atom is 0.343 e. The third kappa shape index (κ3) is 1.55. The Morgan fingerprint density at radius 1 is 1.23 bits per heavy atom. The summed E-state index contributed by atoms with van der Waals surface area (Å²) < 4.78 is 3.87. The summed E-state index contributed by atoms with van der Waals surface area (Å²) in [5.41, 5.74) is 0. The third-order valence-corrected chi connectivity index (χ3v) is 3.82. The molecule has 2 rings (SSSR count). The van der Waals surface area contributed by atoms with E-state index in [9.17, 15) is 4.79 Å². The van der Waals surface area contributed by atoms with Crippen LogP contribution in [0.4, 0.5) is 0 Å². The predicted octanol–water partition coefficient (Wildman–Crippen LogP) is 2.67. The molecular weight excluding hydrogens is 211 g/mol. The topological polar surface area (TPSA) is 26.3 Å². The largest absolute Gasteiger partial charge is 0.460 e. The van der Waals surface area contributed by atoms with Crippen LogP contribution in [0.1, 0.15) is 32.1 Å². The lowest BCUT2D eigenvalue weighted by Gasteiger charge is -2.18. The van der Waals surface area contributed by atoms with Crippen molar-refractivity contribution in [2.24, 2.45) is 5.92 Å². The average Bonchev–Trinajstić information content (AvgIpc) is 2.31. The molecule has 4 heteroatoms. The summed E-state index contributed by atoms with van der Waals surface area (Å²) in [5.74, 6) is -0.446. The molecule has 0 spiro atoms. The summed E-state index contributed by atoms with van der Waals surface area (Å²) in [7, 11) is 0. The number of halogens is 2. The highest BCUT2D eigenvalue weighted by Crippen LogP contribution is 2.46. The Kier molecular flexibility index (Phi) is 2.45. The maximum atomic E-state index is 11.3. The van der Waals surface area contributed by atoms with E-state index in [0.717, 1.165) is 25.7 Å². The highest BCUT2D eigenvalue weighted by molar-refractivity contribution is 6.58. The molecule has 0 aromatic carbocycles. The maximum absolute atomic E-state index is 11.3. The summed E-state index contributed by atoms with van der Waals surface area (Å²) in [6.07, 6.45) is 5.18. The molecule has 0 aromatic heterocycles. The van der Waals surface area contributed by atoms with Crippen LogP contribution < -0.4 is 0 Å². The molecule has 2 aliphatic rings. The van der Waals surface area contributed by atoms with Crippen molar-refractivity contribution in [1.29, 1.82) is 0 Å². The smallest absolute Gasteiger partial charge is 0.343 e. The highest BCUT2D eigenvalue weighted by Gasteiger charge is 2.55. The van der Waals surface area contributed by atoms with Gasteiger partial charge in [-0.05, 0) is 19.3 Å². The zero-order chi connectivity index (χ0) is 9.47. The van der Waals surface area contributed by atoms with Crippen LogP contribution >= 0.6 is 23.2 Å². The Morgan fingerprint density at radius 3 is 2.69 bits per heavy atom. The van der Waals surface area contributed by atoms with Crippen LogP contribution in [0.5, 0.6) is 0 Å². The second kappa shape index (κ2) is 3.32. The van der Waals surface area contributed by atoms with Gasteiger partial charge in [0.05, 0.1) is 0 Å². The molecule has 13 heavy (non-hydrogen) atoms. The van der Waals surface area contributed by atoms with Crippen LogP contribution in [0.25, 0.3) is 0 Å². The summed E-state index contributed by atoms with van der Waals surface area (Å²) in [4.78, 5) is 11.3. The molecule has 0 radical (unpaired) electrons. The van der Waals surface area contributed by atoms with Crippen molar-refractivity contribution >= 4 is 29.2 Å². The number of fused-ring (bicyclic) bond motifs is 1. The fourth-order valence-corrected chi connectivity index (χ4v) is 2.79. The van der Waals surface area contributed by atoms with Gasteiger partial charge in [0.15, 0.2) is 0 Å². The Balaban J connectivity index is 2.20. The lowest BCUT2D eigenvalue weighted by molar-refractivity contribution is -0.142. The Labute approximate surface area is 87.5 Å². The zero-order valence-corrected chi connectivity index (χ0v) is 8.77. The van der Waals surface area contributed by atoms with Gasteiger partial charge in [-0.1, -0.05) is 36.0 Å². The second-order valence-electron chi connectivity index (χ2n) is 3.81. The average molecular weight is 223 g/mol. The van der Waals surface area contributed by atoms with Gasteiger partial charge in [0.1, 0.15) is 6.10 Å². The van der Waals surface area contributed by atoms with Crippen molar-refractivity contribution in [3.8, 4) is 0 Å². The second-order valence-corrected chi connectivity index (χ2v) is 5.20. The molecule has 2 nitrogen and oxygen atoms in total. The van der Waals surface area contributed by atoms with Gasteiger partial charge in [-0.25, -0.2) is 4.79 Å². The van der Waals surface area contributed by atoms with Gasteiger partial charge in [0, 0.05) is 5.92 Å². The van der Waals surface area contributed by atoms with Gasteiger partial charge in [-0.15, -0.1) is 0 Å².